The van der Waals surface area contributed by atoms with Crippen LogP contribution < -0.4 is 0 Å². The van der Waals surface area contributed by atoms with Crippen molar-refractivity contribution in [1.82, 2.24) is 0 Å². The number of unbranched alkanes of at least 4 members (excludes halogenated alkanes) is 7. The third kappa shape index (κ3) is 17.0. The first kappa shape index (κ1) is 20.9. The Kier molecular flexibility index (Phi) is 15.5. The molecule has 0 atom stereocenters. The molecule has 0 aliphatic heterocycles. The molecule has 1 N–H and O–H groups in total. The molecule has 5 nitrogen and oxygen atoms in total. The summed E-state index contributed by atoms with van der Waals surface area (Å²) in [5, 5.41) is 8.49. The van der Waals surface area contributed by atoms with E-state index in [1.807, 2.05) is 0 Å². The zero-order valence-electron chi connectivity index (χ0n) is 14.0. The van der Waals surface area contributed by atoms with Crippen LogP contribution in [0.3, 0.4) is 0 Å². The van der Waals surface area contributed by atoms with Crippen molar-refractivity contribution >= 4 is 11.9 Å². The molecule has 0 saturated carbocycles. The number of aliphatic carboxylic acids is 1. The van der Waals surface area contributed by atoms with Crippen LogP contribution in [0.1, 0.15) is 77.6 Å². The number of ether oxygens (including phenoxy) is 2. The Hall–Kier alpha value is -1.10. The maximum Gasteiger partial charge on any atom is 0.305 e. The molecule has 0 unspecified atom stereocenters. The molecule has 22 heavy (non-hydrogen) atoms. The largest absolute Gasteiger partial charge is 0.481 e. The van der Waals surface area contributed by atoms with Gasteiger partial charge in [0.15, 0.2) is 0 Å². The number of hydrogen-bond acceptors (Lipinski definition) is 4. The van der Waals surface area contributed by atoms with Crippen LogP contribution in [0.2, 0.25) is 0 Å². The normalized spacial score (nSPS) is 10.6. The summed E-state index contributed by atoms with van der Waals surface area (Å²) in [4.78, 5) is 21.8. The van der Waals surface area contributed by atoms with E-state index in [1.54, 1.807) is 0 Å². The predicted octanol–water partition coefficient (Wildman–Crippen LogP) is 3.94. The summed E-state index contributed by atoms with van der Waals surface area (Å²) < 4.78 is 10.5. The highest BCUT2D eigenvalue weighted by atomic mass is 16.6. The van der Waals surface area contributed by atoms with Crippen molar-refractivity contribution < 1.29 is 24.2 Å². The second-order valence-electron chi connectivity index (χ2n) is 5.56. The van der Waals surface area contributed by atoms with Gasteiger partial charge in [-0.1, -0.05) is 45.4 Å². The van der Waals surface area contributed by atoms with Crippen molar-refractivity contribution in [1.29, 1.82) is 0 Å². The van der Waals surface area contributed by atoms with Crippen molar-refractivity contribution in [3.8, 4) is 0 Å². The highest BCUT2D eigenvalue weighted by Crippen LogP contribution is 2.07. The molecular weight excluding hydrogens is 284 g/mol. The highest BCUT2D eigenvalue weighted by molar-refractivity contribution is 5.69. The van der Waals surface area contributed by atoms with E-state index >= 15 is 0 Å². The molecule has 0 aliphatic rings. The standard InChI is InChI=1S/C17H32O5/c1-2-3-4-10-13-21-14-15-22-17(20)12-9-7-5-6-8-11-16(18)19/h2-15H2,1H3,(H,18,19). The molecule has 0 radical (unpaired) electrons. The van der Waals surface area contributed by atoms with E-state index in [0.717, 1.165) is 45.1 Å². The van der Waals surface area contributed by atoms with E-state index in [-0.39, 0.29) is 12.4 Å². The van der Waals surface area contributed by atoms with Gasteiger partial charge < -0.3 is 14.6 Å². The smallest absolute Gasteiger partial charge is 0.305 e. The summed E-state index contributed by atoms with van der Waals surface area (Å²) in [5.74, 6) is -0.906. The average molecular weight is 316 g/mol. The number of carboxylic acid groups (broad SMARTS) is 1. The molecule has 0 bridgehead atoms. The average Bonchev–Trinajstić information content (AvgIpc) is 2.48. The fourth-order valence-corrected chi connectivity index (χ4v) is 2.10. The molecule has 0 aromatic rings. The van der Waals surface area contributed by atoms with Crippen LogP contribution in [-0.2, 0) is 19.1 Å². The number of hydrogen-bond donors (Lipinski definition) is 1. The van der Waals surface area contributed by atoms with Gasteiger partial charge in [0.05, 0.1) is 6.61 Å². The van der Waals surface area contributed by atoms with E-state index < -0.39 is 5.97 Å². The van der Waals surface area contributed by atoms with Gasteiger partial charge in [-0.25, -0.2) is 0 Å². The third-order valence-corrected chi connectivity index (χ3v) is 3.40. The monoisotopic (exact) mass is 316 g/mol. The van der Waals surface area contributed by atoms with Gasteiger partial charge in [-0.15, -0.1) is 0 Å². The van der Waals surface area contributed by atoms with E-state index in [1.165, 1.54) is 19.3 Å². The molecule has 0 rings (SSSR count). The van der Waals surface area contributed by atoms with Crippen LogP contribution in [0.15, 0.2) is 0 Å². The maximum atomic E-state index is 11.4. The van der Waals surface area contributed by atoms with Gasteiger partial charge in [0.25, 0.3) is 0 Å². The van der Waals surface area contributed by atoms with Crippen LogP contribution in [-0.4, -0.2) is 36.9 Å². The van der Waals surface area contributed by atoms with Gasteiger partial charge in [0, 0.05) is 19.4 Å². The second-order valence-corrected chi connectivity index (χ2v) is 5.56. The summed E-state index contributed by atoms with van der Waals surface area (Å²) in [6.45, 7) is 3.74. The van der Waals surface area contributed by atoms with E-state index in [9.17, 15) is 9.59 Å². The van der Waals surface area contributed by atoms with E-state index in [0.29, 0.717) is 19.6 Å². The van der Waals surface area contributed by atoms with Crippen molar-refractivity contribution in [2.75, 3.05) is 19.8 Å². The first-order valence-corrected chi connectivity index (χ1v) is 8.62. The molecule has 0 spiro atoms. The summed E-state index contributed by atoms with van der Waals surface area (Å²) in [5.41, 5.74) is 0. The molecule has 0 heterocycles. The Morgan fingerprint density at radius 1 is 0.773 bits per heavy atom. The van der Waals surface area contributed by atoms with E-state index in [2.05, 4.69) is 6.92 Å². The first-order valence-electron chi connectivity index (χ1n) is 8.62. The van der Waals surface area contributed by atoms with Crippen LogP contribution in [0.5, 0.6) is 0 Å². The lowest BCUT2D eigenvalue weighted by Gasteiger charge is -2.06. The van der Waals surface area contributed by atoms with Crippen molar-refractivity contribution in [2.45, 2.75) is 77.6 Å². The number of rotatable bonds is 16. The lowest BCUT2D eigenvalue weighted by molar-refractivity contribution is -0.145. The predicted molar refractivity (Wildman–Crippen MR) is 85.9 cm³/mol. The minimum Gasteiger partial charge on any atom is -0.481 e. The molecule has 130 valence electrons. The Labute approximate surface area is 134 Å². The third-order valence-electron chi connectivity index (χ3n) is 3.40. The molecule has 0 aromatic carbocycles. The number of carboxylic acids is 1. The molecular formula is C17H32O5. The maximum absolute atomic E-state index is 11.4. The Morgan fingerprint density at radius 3 is 2.09 bits per heavy atom. The summed E-state index contributed by atoms with van der Waals surface area (Å²) in [6.07, 6.45) is 9.77. The summed E-state index contributed by atoms with van der Waals surface area (Å²) in [6, 6.07) is 0. The Bertz CT molecular complexity index is 278. The fraction of sp³-hybridized carbons (Fsp3) is 0.882. The van der Waals surface area contributed by atoms with Crippen LogP contribution >= 0.6 is 0 Å². The van der Waals surface area contributed by atoms with Gasteiger partial charge in [-0.3, -0.25) is 9.59 Å². The number of carbonyl (C=O) groups is 2. The van der Waals surface area contributed by atoms with Crippen LogP contribution in [0.4, 0.5) is 0 Å². The fourth-order valence-electron chi connectivity index (χ4n) is 2.10. The molecule has 0 fully saturated rings. The molecule has 5 heteroatoms. The zero-order chi connectivity index (χ0) is 16.5. The molecule has 0 aromatic heterocycles. The topological polar surface area (TPSA) is 72.8 Å². The summed E-state index contributed by atoms with van der Waals surface area (Å²) in [7, 11) is 0. The van der Waals surface area contributed by atoms with Crippen molar-refractivity contribution in [3.63, 3.8) is 0 Å². The zero-order valence-corrected chi connectivity index (χ0v) is 14.0. The highest BCUT2D eigenvalue weighted by Gasteiger charge is 2.03. The summed E-state index contributed by atoms with van der Waals surface area (Å²) >= 11 is 0. The van der Waals surface area contributed by atoms with Crippen molar-refractivity contribution in [2.24, 2.45) is 0 Å². The quantitative estimate of drug-likeness (QED) is 0.345. The lowest BCUT2D eigenvalue weighted by atomic mass is 10.1. The van der Waals surface area contributed by atoms with Gasteiger partial charge in [0.1, 0.15) is 6.61 Å². The Morgan fingerprint density at radius 2 is 1.41 bits per heavy atom. The minimum absolute atomic E-state index is 0.167. The SMILES string of the molecule is CCCCCCOCCOC(=O)CCCCCCCC(=O)O. The lowest BCUT2D eigenvalue weighted by Crippen LogP contribution is -2.10. The first-order chi connectivity index (χ1) is 10.7. The van der Waals surface area contributed by atoms with Crippen LogP contribution in [0, 0.1) is 0 Å². The molecule has 0 aliphatic carbocycles. The number of carbonyl (C=O) groups excluding carboxylic acids is 1. The Balaban J connectivity index is 3.18. The minimum atomic E-state index is -0.740. The van der Waals surface area contributed by atoms with Crippen molar-refractivity contribution in [3.05, 3.63) is 0 Å². The molecule has 0 amide bonds. The van der Waals surface area contributed by atoms with Crippen LogP contribution in [0.25, 0.3) is 0 Å². The van der Waals surface area contributed by atoms with E-state index in [4.69, 9.17) is 14.6 Å². The van der Waals surface area contributed by atoms with Gasteiger partial charge in [0.2, 0.25) is 0 Å². The van der Waals surface area contributed by atoms with Gasteiger partial charge in [-0.05, 0) is 19.3 Å². The second kappa shape index (κ2) is 16.3. The van der Waals surface area contributed by atoms with Gasteiger partial charge in [-0.2, -0.15) is 0 Å². The number of esters is 1. The van der Waals surface area contributed by atoms with Gasteiger partial charge >= 0.3 is 11.9 Å². The molecule has 0 saturated heterocycles.